The van der Waals surface area contributed by atoms with Gasteiger partial charge in [-0.05, 0) is 49.3 Å². The van der Waals surface area contributed by atoms with E-state index in [1.54, 1.807) is 12.4 Å². The van der Waals surface area contributed by atoms with Crippen LogP contribution in [0, 0.1) is 17.8 Å². The molecule has 1 saturated carbocycles. The molecule has 21 heavy (non-hydrogen) atoms. The molecule has 3 rings (SSSR count). The Bertz CT molecular complexity index is 605. The molecule has 0 bridgehead atoms. The number of rotatable bonds is 3. The number of fused-ring (bicyclic) bond motifs is 1. The standard InChI is InChI=1S/C18H25N3/c1-12-7-8-14(11-13(12)2)17(19-3)15-5-4-6-16-18(15)21-10-9-20-16/h4-6,9-10,12-14,17,19H,7-8,11H2,1-3H3. The third kappa shape index (κ3) is 2.80. The highest BCUT2D eigenvalue weighted by molar-refractivity contribution is 5.78. The lowest BCUT2D eigenvalue weighted by Gasteiger charge is -2.37. The van der Waals surface area contributed by atoms with Gasteiger partial charge in [0.2, 0.25) is 0 Å². The molecule has 1 N–H and O–H groups in total. The summed E-state index contributed by atoms with van der Waals surface area (Å²) < 4.78 is 0. The fourth-order valence-electron chi connectivity index (χ4n) is 3.80. The van der Waals surface area contributed by atoms with E-state index in [4.69, 9.17) is 0 Å². The SMILES string of the molecule is CNC(c1cccc2nccnc12)C1CCC(C)C(C)C1. The van der Waals surface area contributed by atoms with Gasteiger partial charge in [-0.1, -0.05) is 32.4 Å². The van der Waals surface area contributed by atoms with E-state index in [0.717, 1.165) is 22.9 Å². The molecule has 0 aliphatic heterocycles. The first kappa shape index (κ1) is 14.5. The molecular formula is C18H25N3. The van der Waals surface area contributed by atoms with Gasteiger partial charge in [-0.3, -0.25) is 9.97 Å². The van der Waals surface area contributed by atoms with Crippen molar-refractivity contribution < 1.29 is 0 Å². The van der Waals surface area contributed by atoms with Gasteiger partial charge in [0.25, 0.3) is 0 Å². The fourth-order valence-corrected chi connectivity index (χ4v) is 3.80. The third-order valence-corrected chi connectivity index (χ3v) is 5.29. The van der Waals surface area contributed by atoms with Gasteiger partial charge in [0.1, 0.15) is 0 Å². The van der Waals surface area contributed by atoms with Crippen LogP contribution in [0.25, 0.3) is 11.0 Å². The second-order valence-electron chi connectivity index (χ2n) is 6.57. The fraction of sp³-hybridized carbons (Fsp3) is 0.556. The van der Waals surface area contributed by atoms with Gasteiger partial charge in [0.15, 0.2) is 0 Å². The molecule has 1 aromatic heterocycles. The van der Waals surface area contributed by atoms with Crippen molar-refractivity contribution in [3.05, 3.63) is 36.2 Å². The topological polar surface area (TPSA) is 37.8 Å². The van der Waals surface area contributed by atoms with Crippen LogP contribution in [0.3, 0.4) is 0 Å². The number of nitrogens with one attached hydrogen (secondary N) is 1. The highest BCUT2D eigenvalue weighted by atomic mass is 14.9. The second kappa shape index (κ2) is 6.10. The Labute approximate surface area is 127 Å². The summed E-state index contributed by atoms with van der Waals surface area (Å²) in [5.41, 5.74) is 3.34. The lowest BCUT2D eigenvalue weighted by atomic mass is 9.72. The van der Waals surface area contributed by atoms with Crippen molar-refractivity contribution in [2.75, 3.05) is 7.05 Å². The maximum Gasteiger partial charge on any atom is 0.0934 e. The van der Waals surface area contributed by atoms with Crippen LogP contribution in [-0.4, -0.2) is 17.0 Å². The lowest BCUT2D eigenvalue weighted by molar-refractivity contribution is 0.175. The molecule has 1 aliphatic carbocycles. The largest absolute Gasteiger partial charge is 0.313 e. The van der Waals surface area contributed by atoms with E-state index in [1.807, 2.05) is 6.07 Å². The van der Waals surface area contributed by atoms with Crippen molar-refractivity contribution in [2.45, 2.75) is 39.2 Å². The highest BCUT2D eigenvalue weighted by Gasteiger charge is 2.31. The minimum atomic E-state index is 0.375. The minimum absolute atomic E-state index is 0.375. The van der Waals surface area contributed by atoms with E-state index in [0.29, 0.717) is 12.0 Å². The normalized spacial score (nSPS) is 27.7. The van der Waals surface area contributed by atoms with Crippen LogP contribution in [0.2, 0.25) is 0 Å². The van der Waals surface area contributed by atoms with Gasteiger partial charge < -0.3 is 5.32 Å². The molecule has 4 unspecified atom stereocenters. The minimum Gasteiger partial charge on any atom is -0.313 e. The van der Waals surface area contributed by atoms with Crippen molar-refractivity contribution in [1.29, 1.82) is 0 Å². The number of hydrogen-bond acceptors (Lipinski definition) is 3. The first-order chi connectivity index (χ1) is 10.2. The smallest absolute Gasteiger partial charge is 0.0934 e. The van der Waals surface area contributed by atoms with Crippen LogP contribution >= 0.6 is 0 Å². The number of benzene rings is 1. The van der Waals surface area contributed by atoms with Crippen LogP contribution in [0.15, 0.2) is 30.6 Å². The zero-order valence-electron chi connectivity index (χ0n) is 13.2. The van der Waals surface area contributed by atoms with Crippen molar-refractivity contribution in [1.82, 2.24) is 15.3 Å². The number of nitrogens with zero attached hydrogens (tertiary/aromatic N) is 2. The predicted octanol–water partition coefficient (Wildman–Crippen LogP) is 3.96. The molecule has 0 saturated heterocycles. The van der Waals surface area contributed by atoms with Gasteiger partial charge in [0, 0.05) is 18.4 Å². The van der Waals surface area contributed by atoms with Gasteiger partial charge in [-0.2, -0.15) is 0 Å². The zero-order valence-corrected chi connectivity index (χ0v) is 13.2. The van der Waals surface area contributed by atoms with Gasteiger partial charge in [-0.25, -0.2) is 0 Å². The van der Waals surface area contributed by atoms with Gasteiger partial charge >= 0.3 is 0 Å². The lowest BCUT2D eigenvalue weighted by Crippen LogP contribution is -2.31. The Morgan fingerprint density at radius 2 is 1.90 bits per heavy atom. The Balaban J connectivity index is 1.95. The van der Waals surface area contributed by atoms with E-state index in [9.17, 15) is 0 Å². The summed E-state index contributed by atoms with van der Waals surface area (Å²) in [4.78, 5) is 9.02. The van der Waals surface area contributed by atoms with E-state index in [1.165, 1.54) is 24.8 Å². The summed E-state index contributed by atoms with van der Waals surface area (Å²) in [6.45, 7) is 4.78. The Morgan fingerprint density at radius 3 is 2.67 bits per heavy atom. The number of para-hydroxylation sites is 1. The first-order valence-electron chi connectivity index (χ1n) is 8.07. The van der Waals surface area contributed by atoms with Crippen LogP contribution in [0.1, 0.15) is 44.7 Å². The summed E-state index contributed by atoms with van der Waals surface area (Å²) in [5, 5.41) is 3.55. The van der Waals surface area contributed by atoms with Crippen LogP contribution < -0.4 is 5.32 Å². The summed E-state index contributed by atoms with van der Waals surface area (Å²) in [7, 11) is 2.07. The number of aromatic nitrogens is 2. The Kier molecular flexibility index (Phi) is 4.20. The summed E-state index contributed by atoms with van der Waals surface area (Å²) in [6.07, 6.45) is 7.49. The van der Waals surface area contributed by atoms with Gasteiger partial charge in [-0.15, -0.1) is 0 Å². The van der Waals surface area contributed by atoms with Gasteiger partial charge in [0.05, 0.1) is 11.0 Å². The van der Waals surface area contributed by atoms with Crippen LogP contribution in [-0.2, 0) is 0 Å². The molecule has 0 spiro atoms. The van der Waals surface area contributed by atoms with E-state index >= 15 is 0 Å². The molecule has 2 aromatic rings. The molecule has 3 heteroatoms. The van der Waals surface area contributed by atoms with E-state index < -0.39 is 0 Å². The molecule has 112 valence electrons. The average molecular weight is 283 g/mol. The van der Waals surface area contributed by atoms with Crippen molar-refractivity contribution in [3.63, 3.8) is 0 Å². The average Bonchev–Trinajstić information content (AvgIpc) is 2.52. The highest BCUT2D eigenvalue weighted by Crippen LogP contribution is 2.40. The molecule has 1 aromatic carbocycles. The molecule has 3 nitrogen and oxygen atoms in total. The maximum atomic E-state index is 4.58. The summed E-state index contributed by atoms with van der Waals surface area (Å²) in [5.74, 6) is 2.35. The van der Waals surface area contributed by atoms with Crippen molar-refractivity contribution >= 4 is 11.0 Å². The first-order valence-corrected chi connectivity index (χ1v) is 8.07. The van der Waals surface area contributed by atoms with Crippen LogP contribution in [0.4, 0.5) is 0 Å². The quantitative estimate of drug-likeness (QED) is 0.926. The molecule has 0 amide bonds. The zero-order chi connectivity index (χ0) is 14.8. The molecule has 0 radical (unpaired) electrons. The van der Waals surface area contributed by atoms with Crippen molar-refractivity contribution in [3.8, 4) is 0 Å². The summed E-state index contributed by atoms with van der Waals surface area (Å²) >= 11 is 0. The third-order valence-electron chi connectivity index (χ3n) is 5.29. The van der Waals surface area contributed by atoms with Crippen molar-refractivity contribution in [2.24, 2.45) is 17.8 Å². The molecule has 4 atom stereocenters. The second-order valence-corrected chi connectivity index (χ2v) is 6.57. The Hall–Kier alpha value is -1.48. The van der Waals surface area contributed by atoms with Crippen LogP contribution in [0.5, 0.6) is 0 Å². The molecule has 1 aliphatic rings. The van der Waals surface area contributed by atoms with E-state index in [2.05, 4.69) is 48.3 Å². The predicted molar refractivity (Wildman–Crippen MR) is 87.0 cm³/mol. The monoisotopic (exact) mass is 283 g/mol. The molecule has 1 fully saturated rings. The molecular weight excluding hydrogens is 258 g/mol. The molecule has 1 heterocycles. The maximum absolute atomic E-state index is 4.58. The van der Waals surface area contributed by atoms with E-state index in [-0.39, 0.29) is 0 Å². The summed E-state index contributed by atoms with van der Waals surface area (Å²) in [6, 6.07) is 6.73. The Morgan fingerprint density at radius 1 is 1.10 bits per heavy atom. The number of hydrogen-bond donors (Lipinski definition) is 1.